The third kappa shape index (κ3) is 3.11. The SMILES string of the molecule is CCC(N)c1ccc(N2CC(C)CC(C)C2C)cc1. The van der Waals surface area contributed by atoms with Crippen LogP contribution in [0.4, 0.5) is 5.69 Å². The average molecular weight is 260 g/mol. The predicted molar refractivity (Wildman–Crippen MR) is 83.4 cm³/mol. The van der Waals surface area contributed by atoms with Crippen molar-refractivity contribution in [3.8, 4) is 0 Å². The summed E-state index contributed by atoms with van der Waals surface area (Å²) in [7, 11) is 0. The highest BCUT2D eigenvalue weighted by Gasteiger charge is 2.28. The minimum absolute atomic E-state index is 0.172. The Labute approximate surface area is 118 Å². The van der Waals surface area contributed by atoms with Crippen molar-refractivity contribution >= 4 is 5.69 Å². The van der Waals surface area contributed by atoms with Crippen LogP contribution in [0.25, 0.3) is 0 Å². The Bertz CT molecular complexity index is 398. The fraction of sp³-hybridized carbons (Fsp3) is 0.647. The molecule has 1 aliphatic rings. The summed E-state index contributed by atoms with van der Waals surface area (Å²) in [5, 5.41) is 0. The highest BCUT2D eigenvalue weighted by Crippen LogP contribution is 2.31. The van der Waals surface area contributed by atoms with Gasteiger partial charge in [-0.15, -0.1) is 0 Å². The van der Waals surface area contributed by atoms with E-state index < -0.39 is 0 Å². The minimum atomic E-state index is 0.172. The Morgan fingerprint density at radius 1 is 1.21 bits per heavy atom. The first-order chi connectivity index (χ1) is 9.02. The molecule has 2 heteroatoms. The van der Waals surface area contributed by atoms with Crippen molar-refractivity contribution < 1.29 is 0 Å². The molecule has 4 atom stereocenters. The van der Waals surface area contributed by atoms with Crippen LogP contribution in [-0.2, 0) is 0 Å². The normalized spacial score (nSPS) is 29.3. The third-order valence-electron chi connectivity index (χ3n) is 4.69. The van der Waals surface area contributed by atoms with Gasteiger partial charge in [-0.25, -0.2) is 0 Å². The van der Waals surface area contributed by atoms with Crippen molar-refractivity contribution in [2.45, 2.75) is 52.6 Å². The van der Waals surface area contributed by atoms with E-state index in [9.17, 15) is 0 Å². The first-order valence-electron chi connectivity index (χ1n) is 7.65. The maximum Gasteiger partial charge on any atom is 0.0369 e. The lowest BCUT2D eigenvalue weighted by Gasteiger charge is -2.42. The second kappa shape index (κ2) is 5.96. The summed E-state index contributed by atoms with van der Waals surface area (Å²) in [6.45, 7) is 10.4. The number of anilines is 1. The standard InChI is InChI=1S/C17H28N2/c1-5-17(18)15-6-8-16(9-7-15)19-11-12(2)10-13(3)14(19)4/h6-9,12-14,17H,5,10-11,18H2,1-4H3. The molecule has 0 spiro atoms. The van der Waals surface area contributed by atoms with E-state index in [0.717, 1.165) is 18.3 Å². The Balaban J connectivity index is 2.16. The number of hydrogen-bond acceptors (Lipinski definition) is 2. The zero-order chi connectivity index (χ0) is 14.0. The molecule has 0 amide bonds. The number of nitrogens with zero attached hydrogens (tertiary/aromatic N) is 1. The Kier molecular flexibility index (Phi) is 4.51. The highest BCUT2D eigenvalue weighted by molar-refractivity contribution is 5.49. The maximum absolute atomic E-state index is 6.08. The van der Waals surface area contributed by atoms with Gasteiger partial charge in [-0.1, -0.05) is 32.9 Å². The molecule has 1 aromatic rings. The van der Waals surface area contributed by atoms with Crippen molar-refractivity contribution in [2.24, 2.45) is 17.6 Å². The van der Waals surface area contributed by atoms with Gasteiger partial charge in [-0.05, 0) is 49.3 Å². The molecule has 0 aliphatic carbocycles. The lowest BCUT2D eigenvalue weighted by atomic mass is 9.85. The van der Waals surface area contributed by atoms with E-state index in [4.69, 9.17) is 5.73 Å². The van der Waals surface area contributed by atoms with Crippen LogP contribution in [0, 0.1) is 11.8 Å². The lowest BCUT2D eigenvalue weighted by Crippen LogP contribution is -2.45. The van der Waals surface area contributed by atoms with Gasteiger partial charge in [-0.3, -0.25) is 0 Å². The Morgan fingerprint density at radius 3 is 2.42 bits per heavy atom. The van der Waals surface area contributed by atoms with E-state index >= 15 is 0 Å². The third-order valence-corrected chi connectivity index (χ3v) is 4.69. The zero-order valence-electron chi connectivity index (χ0n) is 12.8. The van der Waals surface area contributed by atoms with Gasteiger partial charge in [0.05, 0.1) is 0 Å². The largest absolute Gasteiger partial charge is 0.368 e. The lowest BCUT2D eigenvalue weighted by molar-refractivity contribution is 0.297. The molecular formula is C17H28N2. The molecule has 1 aliphatic heterocycles. The van der Waals surface area contributed by atoms with Crippen LogP contribution in [0.3, 0.4) is 0 Å². The van der Waals surface area contributed by atoms with Crippen LogP contribution in [0.2, 0.25) is 0 Å². The van der Waals surface area contributed by atoms with E-state index in [1.165, 1.54) is 24.2 Å². The monoisotopic (exact) mass is 260 g/mol. The number of benzene rings is 1. The Morgan fingerprint density at radius 2 is 1.84 bits per heavy atom. The van der Waals surface area contributed by atoms with Crippen LogP contribution >= 0.6 is 0 Å². The summed E-state index contributed by atoms with van der Waals surface area (Å²) in [5.74, 6) is 1.55. The van der Waals surface area contributed by atoms with Crippen LogP contribution < -0.4 is 10.6 Å². The second-order valence-electron chi connectivity index (χ2n) is 6.32. The molecule has 19 heavy (non-hydrogen) atoms. The highest BCUT2D eigenvalue weighted by atomic mass is 15.2. The number of piperidine rings is 1. The molecule has 0 bridgehead atoms. The van der Waals surface area contributed by atoms with Gasteiger partial charge >= 0.3 is 0 Å². The second-order valence-corrected chi connectivity index (χ2v) is 6.32. The summed E-state index contributed by atoms with van der Waals surface area (Å²) in [6, 6.07) is 9.67. The first-order valence-corrected chi connectivity index (χ1v) is 7.65. The van der Waals surface area contributed by atoms with Gasteiger partial charge in [0.25, 0.3) is 0 Å². The van der Waals surface area contributed by atoms with Gasteiger partial charge in [0.15, 0.2) is 0 Å². The summed E-state index contributed by atoms with van der Waals surface area (Å²) in [5.41, 5.74) is 8.67. The van der Waals surface area contributed by atoms with E-state index in [1.807, 2.05) is 0 Å². The molecular weight excluding hydrogens is 232 g/mol. The number of hydrogen-bond donors (Lipinski definition) is 1. The predicted octanol–water partition coefficient (Wildman–Crippen LogP) is 3.97. The van der Waals surface area contributed by atoms with E-state index in [0.29, 0.717) is 6.04 Å². The van der Waals surface area contributed by atoms with Gasteiger partial charge in [-0.2, -0.15) is 0 Å². The molecule has 0 saturated carbocycles. The minimum Gasteiger partial charge on any atom is -0.368 e. The quantitative estimate of drug-likeness (QED) is 0.891. The molecule has 2 nitrogen and oxygen atoms in total. The summed E-state index contributed by atoms with van der Waals surface area (Å²) >= 11 is 0. The molecule has 1 aromatic carbocycles. The van der Waals surface area contributed by atoms with Crippen molar-refractivity contribution in [3.05, 3.63) is 29.8 Å². The van der Waals surface area contributed by atoms with Crippen molar-refractivity contribution in [1.82, 2.24) is 0 Å². The van der Waals surface area contributed by atoms with Crippen molar-refractivity contribution in [1.29, 1.82) is 0 Å². The van der Waals surface area contributed by atoms with E-state index in [2.05, 4.69) is 56.9 Å². The van der Waals surface area contributed by atoms with Gasteiger partial charge in [0, 0.05) is 24.3 Å². The number of rotatable bonds is 3. The Hall–Kier alpha value is -1.02. The van der Waals surface area contributed by atoms with E-state index in [-0.39, 0.29) is 6.04 Å². The molecule has 106 valence electrons. The van der Waals surface area contributed by atoms with Crippen LogP contribution in [0.15, 0.2) is 24.3 Å². The summed E-state index contributed by atoms with van der Waals surface area (Å²) in [4.78, 5) is 2.56. The molecule has 0 radical (unpaired) electrons. The molecule has 0 aromatic heterocycles. The summed E-state index contributed by atoms with van der Waals surface area (Å²) < 4.78 is 0. The fourth-order valence-electron chi connectivity index (χ4n) is 3.20. The first kappa shape index (κ1) is 14.4. The fourth-order valence-corrected chi connectivity index (χ4v) is 3.20. The van der Waals surface area contributed by atoms with E-state index in [1.54, 1.807) is 0 Å². The van der Waals surface area contributed by atoms with Crippen LogP contribution in [0.5, 0.6) is 0 Å². The molecule has 1 heterocycles. The summed E-state index contributed by atoms with van der Waals surface area (Å²) in [6.07, 6.45) is 2.34. The molecule has 1 fully saturated rings. The average Bonchev–Trinajstić information content (AvgIpc) is 2.42. The van der Waals surface area contributed by atoms with Crippen molar-refractivity contribution in [3.63, 3.8) is 0 Å². The van der Waals surface area contributed by atoms with Gasteiger partial charge in [0.2, 0.25) is 0 Å². The van der Waals surface area contributed by atoms with Crippen molar-refractivity contribution in [2.75, 3.05) is 11.4 Å². The van der Waals surface area contributed by atoms with Gasteiger partial charge in [0.1, 0.15) is 0 Å². The topological polar surface area (TPSA) is 29.3 Å². The maximum atomic E-state index is 6.08. The van der Waals surface area contributed by atoms with Gasteiger partial charge < -0.3 is 10.6 Å². The molecule has 2 N–H and O–H groups in total. The van der Waals surface area contributed by atoms with Crippen LogP contribution in [-0.4, -0.2) is 12.6 Å². The molecule has 2 rings (SSSR count). The number of nitrogens with two attached hydrogens (primary N) is 1. The van der Waals surface area contributed by atoms with Crippen LogP contribution in [0.1, 0.15) is 52.1 Å². The smallest absolute Gasteiger partial charge is 0.0369 e. The molecule has 1 saturated heterocycles. The zero-order valence-corrected chi connectivity index (χ0v) is 12.8. The molecule has 4 unspecified atom stereocenters.